The molecule has 2 rings (SSSR count). The van der Waals surface area contributed by atoms with Gasteiger partial charge in [0.05, 0.1) is 26.5 Å². The summed E-state index contributed by atoms with van der Waals surface area (Å²) in [6.07, 6.45) is 0. The van der Waals surface area contributed by atoms with E-state index < -0.39 is 0 Å². The summed E-state index contributed by atoms with van der Waals surface area (Å²) in [7, 11) is 5.02. The van der Waals surface area contributed by atoms with E-state index in [-0.39, 0.29) is 0 Å². The van der Waals surface area contributed by atoms with E-state index in [9.17, 15) is 0 Å². The van der Waals surface area contributed by atoms with Crippen LogP contribution in [0.15, 0.2) is 41.4 Å². The molecule has 0 aliphatic heterocycles. The first-order valence-corrected chi connectivity index (χ1v) is 7.74. The van der Waals surface area contributed by atoms with Crippen LogP contribution >= 0.6 is 0 Å². The summed E-state index contributed by atoms with van der Waals surface area (Å²) in [4.78, 5) is 8.70. The van der Waals surface area contributed by atoms with Crippen LogP contribution in [-0.4, -0.2) is 32.2 Å². The highest BCUT2D eigenvalue weighted by atomic mass is 16.5. The minimum absolute atomic E-state index is 0.591. The van der Waals surface area contributed by atoms with E-state index in [1.54, 1.807) is 21.3 Å². The Kier molecular flexibility index (Phi) is 6.42. The van der Waals surface area contributed by atoms with Gasteiger partial charge in [0, 0.05) is 30.9 Å². The number of rotatable bonds is 6. The molecule has 0 saturated carbocycles. The first-order valence-electron chi connectivity index (χ1n) is 7.74. The van der Waals surface area contributed by atoms with E-state index in [0.717, 1.165) is 28.5 Å². The highest BCUT2D eigenvalue weighted by molar-refractivity contribution is 5.79. The smallest absolute Gasteiger partial charge is 0.191 e. The molecular formula is C18H24N4O2. The summed E-state index contributed by atoms with van der Waals surface area (Å²) in [6, 6.07) is 11.7. The average molecular weight is 328 g/mol. The van der Waals surface area contributed by atoms with Crippen molar-refractivity contribution in [1.29, 1.82) is 0 Å². The van der Waals surface area contributed by atoms with Gasteiger partial charge in [0.25, 0.3) is 0 Å². The molecule has 6 nitrogen and oxygen atoms in total. The number of hydrogen-bond donors (Lipinski definition) is 2. The van der Waals surface area contributed by atoms with Crippen LogP contribution in [0.3, 0.4) is 0 Å². The normalized spacial score (nSPS) is 11.1. The number of methoxy groups -OCH3 is 2. The van der Waals surface area contributed by atoms with Crippen LogP contribution in [0.25, 0.3) is 0 Å². The van der Waals surface area contributed by atoms with Crippen molar-refractivity contribution in [2.24, 2.45) is 4.99 Å². The van der Waals surface area contributed by atoms with Gasteiger partial charge < -0.3 is 20.1 Å². The molecule has 0 saturated heterocycles. The molecule has 0 atom stereocenters. The second-order valence-electron chi connectivity index (χ2n) is 5.23. The number of guanidine groups is 1. The number of hydrogen-bond acceptors (Lipinski definition) is 4. The van der Waals surface area contributed by atoms with Crippen LogP contribution in [0.1, 0.15) is 17.0 Å². The van der Waals surface area contributed by atoms with Gasteiger partial charge >= 0.3 is 0 Å². The van der Waals surface area contributed by atoms with Crippen molar-refractivity contribution in [3.8, 4) is 11.5 Å². The van der Waals surface area contributed by atoms with E-state index in [0.29, 0.717) is 19.0 Å². The molecule has 128 valence electrons. The average Bonchev–Trinajstić information content (AvgIpc) is 2.61. The maximum atomic E-state index is 5.41. The second kappa shape index (κ2) is 8.76. The zero-order valence-electron chi connectivity index (χ0n) is 14.6. The lowest BCUT2D eigenvalue weighted by atomic mass is 10.2. The molecule has 2 N–H and O–H groups in total. The molecule has 0 fully saturated rings. The summed E-state index contributed by atoms with van der Waals surface area (Å²) >= 11 is 0. The number of aryl methyl sites for hydroxylation is 1. The van der Waals surface area contributed by atoms with Crippen molar-refractivity contribution >= 4 is 5.96 Å². The molecule has 1 aromatic heterocycles. The first-order chi connectivity index (χ1) is 11.7. The predicted molar refractivity (Wildman–Crippen MR) is 95.6 cm³/mol. The number of ether oxygens (including phenoxy) is 2. The van der Waals surface area contributed by atoms with Gasteiger partial charge in [-0.1, -0.05) is 6.07 Å². The van der Waals surface area contributed by atoms with Crippen LogP contribution in [0, 0.1) is 6.92 Å². The van der Waals surface area contributed by atoms with Gasteiger partial charge in [0.15, 0.2) is 5.96 Å². The van der Waals surface area contributed by atoms with Gasteiger partial charge in [-0.25, -0.2) is 0 Å². The minimum atomic E-state index is 0.591. The van der Waals surface area contributed by atoms with Gasteiger partial charge in [0.2, 0.25) is 0 Å². The lowest BCUT2D eigenvalue weighted by Gasteiger charge is -2.14. The maximum absolute atomic E-state index is 5.41. The fourth-order valence-electron chi connectivity index (χ4n) is 2.27. The van der Waals surface area contributed by atoms with Crippen molar-refractivity contribution in [2.75, 3.05) is 21.3 Å². The molecule has 2 aromatic rings. The van der Waals surface area contributed by atoms with Crippen LogP contribution in [0.2, 0.25) is 0 Å². The van der Waals surface area contributed by atoms with Crippen LogP contribution in [0.5, 0.6) is 11.5 Å². The molecule has 0 bridgehead atoms. The molecular weight excluding hydrogens is 304 g/mol. The Morgan fingerprint density at radius 2 is 1.88 bits per heavy atom. The highest BCUT2D eigenvalue weighted by Crippen LogP contribution is 2.24. The third-order valence-corrected chi connectivity index (χ3v) is 3.55. The van der Waals surface area contributed by atoms with E-state index in [1.165, 1.54) is 0 Å². The Morgan fingerprint density at radius 3 is 2.54 bits per heavy atom. The fraction of sp³-hybridized carbons (Fsp3) is 0.333. The first kappa shape index (κ1) is 17.6. The van der Waals surface area contributed by atoms with Crippen molar-refractivity contribution < 1.29 is 9.47 Å². The van der Waals surface area contributed by atoms with Gasteiger partial charge in [-0.3, -0.25) is 9.98 Å². The summed E-state index contributed by atoms with van der Waals surface area (Å²) in [5, 5.41) is 6.53. The van der Waals surface area contributed by atoms with Gasteiger partial charge in [-0.05, 0) is 31.2 Å². The largest absolute Gasteiger partial charge is 0.497 e. The topological polar surface area (TPSA) is 67.8 Å². The van der Waals surface area contributed by atoms with E-state index in [1.807, 2.05) is 43.3 Å². The van der Waals surface area contributed by atoms with E-state index >= 15 is 0 Å². The van der Waals surface area contributed by atoms with Gasteiger partial charge in [-0.15, -0.1) is 0 Å². The lowest BCUT2D eigenvalue weighted by Crippen LogP contribution is -2.36. The number of pyridine rings is 1. The monoisotopic (exact) mass is 328 g/mol. The molecule has 1 aromatic carbocycles. The summed E-state index contributed by atoms with van der Waals surface area (Å²) in [5.41, 5.74) is 3.00. The second-order valence-corrected chi connectivity index (χ2v) is 5.23. The van der Waals surface area contributed by atoms with Gasteiger partial charge in [0.1, 0.15) is 11.5 Å². The van der Waals surface area contributed by atoms with Crippen LogP contribution in [-0.2, 0) is 13.1 Å². The van der Waals surface area contributed by atoms with Crippen molar-refractivity contribution in [3.05, 3.63) is 53.3 Å². The zero-order valence-corrected chi connectivity index (χ0v) is 14.6. The van der Waals surface area contributed by atoms with Crippen LogP contribution < -0.4 is 20.1 Å². The predicted octanol–water partition coefficient (Wildman–Crippen LogP) is 2.27. The number of aromatic nitrogens is 1. The Labute approximate surface area is 142 Å². The Balaban J connectivity index is 1.94. The maximum Gasteiger partial charge on any atom is 0.191 e. The quantitative estimate of drug-likeness (QED) is 0.629. The Hall–Kier alpha value is -2.76. The molecule has 0 unspecified atom stereocenters. The molecule has 0 spiro atoms. The molecule has 0 radical (unpaired) electrons. The van der Waals surface area contributed by atoms with Crippen LogP contribution in [0.4, 0.5) is 0 Å². The fourth-order valence-corrected chi connectivity index (χ4v) is 2.27. The van der Waals surface area contributed by atoms with Crippen molar-refractivity contribution in [3.63, 3.8) is 0 Å². The molecule has 1 heterocycles. The molecule has 0 aliphatic carbocycles. The summed E-state index contributed by atoms with van der Waals surface area (Å²) in [5.74, 6) is 2.25. The Morgan fingerprint density at radius 1 is 1.08 bits per heavy atom. The number of benzene rings is 1. The SMILES string of the molecule is CN=C(NCc1cccc(C)n1)NCc1ccc(OC)cc1OC. The van der Waals surface area contributed by atoms with E-state index in [2.05, 4.69) is 20.6 Å². The molecule has 0 amide bonds. The molecule has 24 heavy (non-hydrogen) atoms. The Bertz CT molecular complexity index is 701. The molecule has 6 heteroatoms. The summed E-state index contributed by atoms with van der Waals surface area (Å²) in [6.45, 7) is 3.18. The molecule has 0 aliphatic rings. The number of nitrogens with zero attached hydrogens (tertiary/aromatic N) is 2. The lowest BCUT2D eigenvalue weighted by molar-refractivity contribution is 0.390. The number of nitrogens with one attached hydrogen (secondary N) is 2. The van der Waals surface area contributed by atoms with Gasteiger partial charge in [-0.2, -0.15) is 0 Å². The minimum Gasteiger partial charge on any atom is -0.497 e. The highest BCUT2D eigenvalue weighted by Gasteiger charge is 2.06. The summed E-state index contributed by atoms with van der Waals surface area (Å²) < 4.78 is 10.6. The standard InChI is InChI=1S/C18H24N4O2/c1-13-6-5-7-15(22-13)12-21-18(19-2)20-11-14-8-9-16(23-3)10-17(14)24-4/h5-10H,11-12H2,1-4H3,(H2,19,20,21). The zero-order chi connectivity index (χ0) is 17.4. The third-order valence-electron chi connectivity index (χ3n) is 3.55. The van der Waals surface area contributed by atoms with Crippen molar-refractivity contribution in [2.45, 2.75) is 20.0 Å². The van der Waals surface area contributed by atoms with E-state index in [4.69, 9.17) is 9.47 Å². The third kappa shape index (κ3) is 4.87. The van der Waals surface area contributed by atoms with Crippen molar-refractivity contribution in [1.82, 2.24) is 15.6 Å². The number of aliphatic imine (C=N–C) groups is 1.